The monoisotopic (exact) mass is 136 g/mol. The Balaban J connectivity index is 3.17. The Bertz CT molecular complexity index is 38.5. The van der Waals surface area contributed by atoms with Gasteiger partial charge in [0.2, 0.25) is 0 Å². The number of rotatable bonds is 1. The van der Waals surface area contributed by atoms with Gasteiger partial charge in [-0.25, -0.2) is 0 Å². The van der Waals surface area contributed by atoms with E-state index in [-0.39, 0.29) is 0 Å². The van der Waals surface area contributed by atoms with Gasteiger partial charge in [-0.2, -0.15) is 0 Å². The van der Waals surface area contributed by atoms with Crippen molar-refractivity contribution in [3.63, 3.8) is 0 Å². The summed E-state index contributed by atoms with van der Waals surface area (Å²) in [4.78, 5) is 0. The zero-order chi connectivity index (χ0) is 5.21. The van der Waals surface area contributed by atoms with Gasteiger partial charge in [-0.1, -0.05) is 0 Å². The minimum Gasteiger partial charge on any atom is -0.466 e. The number of hydrogen-bond donors (Lipinski definition) is 0. The Kier molecular flexibility index (Phi) is 2.27. The van der Waals surface area contributed by atoms with Gasteiger partial charge < -0.3 is 4.12 Å². The van der Waals surface area contributed by atoms with Crippen molar-refractivity contribution in [2.45, 2.75) is 13.1 Å². The smallest absolute Gasteiger partial charge is 0.148 e. The molecule has 0 saturated carbocycles. The maximum absolute atomic E-state index is 5.28. The quantitative estimate of drug-likeness (QED) is 0.393. The SMILES string of the molecule is C[Si](C)([SiH3])O[SiH3]. The standard InChI is InChI=1S/C2H12OSi3/c1-6(2,5)3-4/h1-2,4-5H3. The predicted molar refractivity (Wildman–Crippen MR) is 38.4 cm³/mol. The molecule has 0 aromatic carbocycles. The van der Waals surface area contributed by atoms with Crippen LogP contribution >= 0.6 is 0 Å². The van der Waals surface area contributed by atoms with Gasteiger partial charge in [-0.05, 0) is 13.1 Å². The lowest BCUT2D eigenvalue weighted by atomic mass is 11.9. The summed E-state index contributed by atoms with van der Waals surface area (Å²) in [6, 6.07) is 0. The minimum absolute atomic E-state index is 0.931. The lowest BCUT2D eigenvalue weighted by Gasteiger charge is -2.11. The lowest BCUT2D eigenvalue weighted by molar-refractivity contribution is 0.637. The summed E-state index contributed by atoms with van der Waals surface area (Å²) < 4.78 is 5.28. The third-order valence-electron chi connectivity index (χ3n) is 0.612. The van der Waals surface area contributed by atoms with Crippen LogP contribution in [0, 0.1) is 0 Å². The first-order valence-corrected chi connectivity index (χ1v) is 9.34. The van der Waals surface area contributed by atoms with E-state index in [1.807, 2.05) is 0 Å². The van der Waals surface area contributed by atoms with Crippen molar-refractivity contribution in [1.82, 2.24) is 0 Å². The fourth-order valence-corrected chi connectivity index (χ4v) is 0. The summed E-state index contributed by atoms with van der Waals surface area (Å²) in [6.45, 7) is 4.51. The maximum atomic E-state index is 5.28. The van der Waals surface area contributed by atoms with Crippen LogP contribution in [-0.2, 0) is 4.12 Å². The highest BCUT2D eigenvalue weighted by atomic mass is 29.2. The minimum atomic E-state index is -0.931. The molecule has 0 radical (unpaired) electrons. The van der Waals surface area contributed by atoms with Crippen LogP contribution in [0.2, 0.25) is 13.1 Å². The summed E-state index contributed by atoms with van der Waals surface area (Å²) in [5, 5.41) is 0. The van der Waals surface area contributed by atoms with Crippen molar-refractivity contribution < 1.29 is 4.12 Å². The molecule has 0 aromatic heterocycles. The van der Waals surface area contributed by atoms with Crippen molar-refractivity contribution in [1.29, 1.82) is 0 Å². The van der Waals surface area contributed by atoms with E-state index in [1.54, 1.807) is 0 Å². The first kappa shape index (κ1) is 6.61. The van der Waals surface area contributed by atoms with Crippen molar-refractivity contribution in [2.24, 2.45) is 0 Å². The molecule has 0 heterocycles. The Labute approximate surface area is 46.0 Å². The van der Waals surface area contributed by atoms with E-state index < -0.39 is 7.83 Å². The molecule has 0 spiro atoms. The molecule has 6 heavy (non-hydrogen) atoms. The van der Waals surface area contributed by atoms with E-state index in [4.69, 9.17) is 4.12 Å². The molecule has 0 amide bonds. The summed E-state index contributed by atoms with van der Waals surface area (Å²) in [5.41, 5.74) is 0. The molecule has 0 rings (SSSR count). The van der Waals surface area contributed by atoms with E-state index >= 15 is 0 Å². The highest BCUT2D eigenvalue weighted by molar-refractivity contribution is 7.12. The van der Waals surface area contributed by atoms with Gasteiger partial charge >= 0.3 is 0 Å². The zero-order valence-corrected chi connectivity index (χ0v) is 9.91. The summed E-state index contributed by atoms with van der Waals surface area (Å²) in [5.74, 6) is 0. The molecule has 0 aliphatic carbocycles. The van der Waals surface area contributed by atoms with Gasteiger partial charge in [-0.3, -0.25) is 0 Å². The molecule has 0 N–H and O–H groups in total. The average molecular weight is 136 g/mol. The van der Waals surface area contributed by atoms with Gasteiger partial charge in [0.1, 0.15) is 18.3 Å². The molecule has 0 atom stereocenters. The van der Waals surface area contributed by atoms with Gasteiger partial charge in [0.05, 0.1) is 0 Å². The van der Waals surface area contributed by atoms with Crippen molar-refractivity contribution in [3.05, 3.63) is 0 Å². The molecule has 0 fully saturated rings. The molecule has 0 unspecified atom stereocenters. The van der Waals surface area contributed by atoms with Crippen molar-refractivity contribution >= 4 is 28.1 Å². The average Bonchev–Trinajstić information content (AvgIpc) is 1.35. The Morgan fingerprint density at radius 2 is 1.67 bits per heavy atom. The third-order valence-corrected chi connectivity index (χ3v) is 9.19. The largest absolute Gasteiger partial charge is 0.466 e. The first-order valence-electron chi connectivity index (χ1n) is 2.11. The highest BCUT2D eigenvalue weighted by Crippen LogP contribution is 1.90. The van der Waals surface area contributed by atoms with Crippen LogP contribution in [0.3, 0.4) is 0 Å². The molecule has 0 aromatic rings. The molecule has 0 bridgehead atoms. The summed E-state index contributed by atoms with van der Waals surface area (Å²) >= 11 is 0. The Hall–Kier alpha value is 0.611. The Morgan fingerprint density at radius 3 is 1.67 bits per heavy atom. The van der Waals surface area contributed by atoms with Crippen molar-refractivity contribution in [2.75, 3.05) is 0 Å². The van der Waals surface area contributed by atoms with Crippen LogP contribution in [-0.4, -0.2) is 28.1 Å². The second-order valence-electron chi connectivity index (χ2n) is 2.32. The summed E-state index contributed by atoms with van der Waals surface area (Å²) in [7, 11) is 1.29. The van der Waals surface area contributed by atoms with Gasteiger partial charge in [-0.15, -0.1) is 0 Å². The van der Waals surface area contributed by atoms with Crippen LogP contribution in [0.4, 0.5) is 0 Å². The van der Waals surface area contributed by atoms with E-state index in [0.29, 0.717) is 0 Å². The maximum Gasteiger partial charge on any atom is 0.148 e. The first-order chi connectivity index (χ1) is 2.56. The molecule has 0 aliphatic rings. The molecule has 38 valence electrons. The second kappa shape index (κ2) is 2.06. The van der Waals surface area contributed by atoms with E-state index in [9.17, 15) is 0 Å². The fourth-order valence-electron chi connectivity index (χ4n) is 0. The highest BCUT2D eigenvalue weighted by Gasteiger charge is 2.08. The molecule has 0 aliphatic heterocycles. The van der Waals surface area contributed by atoms with Crippen LogP contribution in [0.15, 0.2) is 0 Å². The van der Waals surface area contributed by atoms with Gasteiger partial charge in [0, 0.05) is 9.76 Å². The summed E-state index contributed by atoms with van der Waals surface area (Å²) in [6.07, 6.45) is 0. The van der Waals surface area contributed by atoms with E-state index in [2.05, 4.69) is 13.1 Å². The normalized spacial score (nSPS) is 13.0. The second-order valence-corrected chi connectivity index (χ2v) is 15.4. The van der Waals surface area contributed by atoms with Crippen LogP contribution in [0.25, 0.3) is 0 Å². The molecule has 4 heteroatoms. The van der Waals surface area contributed by atoms with Gasteiger partial charge in [0.25, 0.3) is 0 Å². The molecular weight excluding hydrogens is 124 g/mol. The third kappa shape index (κ3) is 4.61. The lowest BCUT2D eigenvalue weighted by Crippen LogP contribution is -2.29. The number of hydrogen-bond acceptors (Lipinski definition) is 1. The van der Waals surface area contributed by atoms with Crippen LogP contribution < -0.4 is 0 Å². The zero-order valence-electron chi connectivity index (χ0n) is 4.91. The van der Waals surface area contributed by atoms with Crippen molar-refractivity contribution in [3.8, 4) is 0 Å². The fraction of sp³-hybridized carbons (Fsp3) is 1.00. The van der Waals surface area contributed by atoms with Crippen LogP contribution in [0.5, 0.6) is 0 Å². The van der Waals surface area contributed by atoms with Crippen LogP contribution in [0.1, 0.15) is 0 Å². The Morgan fingerprint density at radius 1 is 1.50 bits per heavy atom. The van der Waals surface area contributed by atoms with E-state index in [0.717, 1.165) is 10.5 Å². The van der Waals surface area contributed by atoms with E-state index in [1.165, 1.54) is 9.76 Å². The molecular formula is C2H12OSi3. The molecule has 0 saturated heterocycles. The molecule has 1 nitrogen and oxygen atoms in total. The van der Waals surface area contributed by atoms with Gasteiger partial charge in [0.15, 0.2) is 0 Å². The predicted octanol–water partition coefficient (Wildman–Crippen LogP) is -1.65. The topological polar surface area (TPSA) is 9.23 Å².